The van der Waals surface area contributed by atoms with Crippen molar-refractivity contribution in [3.05, 3.63) is 23.8 Å². The van der Waals surface area contributed by atoms with Crippen LogP contribution in [-0.2, 0) is 16.1 Å². The fourth-order valence-electron chi connectivity index (χ4n) is 2.91. The van der Waals surface area contributed by atoms with Crippen molar-refractivity contribution in [2.24, 2.45) is 0 Å². The van der Waals surface area contributed by atoms with Crippen LogP contribution in [0.25, 0.3) is 0 Å². The van der Waals surface area contributed by atoms with Crippen molar-refractivity contribution >= 4 is 5.97 Å². The second kappa shape index (κ2) is 8.17. The van der Waals surface area contributed by atoms with Crippen LogP contribution in [0.3, 0.4) is 0 Å². The Kier molecular flexibility index (Phi) is 6.24. The molecule has 1 aliphatic rings. The van der Waals surface area contributed by atoms with Crippen molar-refractivity contribution in [3.63, 3.8) is 0 Å². The number of esters is 1. The predicted molar refractivity (Wildman–Crippen MR) is 87.9 cm³/mol. The van der Waals surface area contributed by atoms with Crippen LogP contribution in [0.15, 0.2) is 18.2 Å². The summed E-state index contributed by atoms with van der Waals surface area (Å²) in [6.45, 7) is 5.25. The van der Waals surface area contributed by atoms with Crippen molar-refractivity contribution in [2.45, 2.75) is 19.5 Å². The number of para-hydroxylation sites is 1. The normalized spacial score (nSPS) is 19.4. The SMILES string of the molecule is CCOC(=O)C1CN(C)CCN1Cc1cccc(OC)c1OC. The van der Waals surface area contributed by atoms with Gasteiger partial charge in [0, 0.05) is 31.7 Å². The lowest BCUT2D eigenvalue weighted by molar-refractivity contribution is -0.152. The number of piperazine rings is 1. The number of carbonyl (C=O) groups is 1. The number of hydrogen-bond donors (Lipinski definition) is 0. The highest BCUT2D eigenvalue weighted by Gasteiger charge is 2.32. The first-order valence-electron chi connectivity index (χ1n) is 7.89. The summed E-state index contributed by atoms with van der Waals surface area (Å²) in [4.78, 5) is 16.6. The maximum absolute atomic E-state index is 12.3. The predicted octanol–water partition coefficient (Wildman–Crippen LogP) is 1.38. The largest absolute Gasteiger partial charge is 0.493 e. The summed E-state index contributed by atoms with van der Waals surface area (Å²) in [7, 11) is 5.28. The Hall–Kier alpha value is -1.79. The molecule has 0 radical (unpaired) electrons. The smallest absolute Gasteiger partial charge is 0.324 e. The highest BCUT2D eigenvalue weighted by atomic mass is 16.5. The highest BCUT2D eigenvalue weighted by molar-refractivity contribution is 5.76. The van der Waals surface area contributed by atoms with Crippen molar-refractivity contribution in [1.82, 2.24) is 9.80 Å². The Labute approximate surface area is 137 Å². The van der Waals surface area contributed by atoms with Crippen LogP contribution in [0.1, 0.15) is 12.5 Å². The van der Waals surface area contributed by atoms with Gasteiger partial charge in [0.05, 0.1) is 20.8 Å². The van der Waals surface area contributed by atoms with E-state index in [2.05, 4.69) is 9.80 Å². The molecule has 1 fully saturated rings. The van der Waals surface area contributed by atoms with E-state index in [0.29, 0.717) is 25.4 Å². The maximum Gasteiger partial charge on any atom is 0.324 e. The molecule has 6 nitrogen and oxygen atoms in total. The summed E-state index contributed by atoms with van der Waals surface area (Å²) < 4.78 is 16.1. The molecule has 1 atom stereocenters. The van der Waals surface area contributed by atoms with Crippen molar-refractivity contribution < 1.29 is 19.0 Å². The first-order chi connectivity index (χ1) is 11.1. The summed E-state index contributed by atoms with van der Waals surface area (Å²) in [5.74, 6) is 1.25. The highest BCUT2D eigenvalue weighted by Crippen LogP contribution is 2.32. The molecule has 0 N–H and O–H groups in total. The van der Waals surface area contributed by atoms with Crippen LogP contribution < -0.4 is 9.47 Å². The third kappa shape index (κ3) is 4.14. The number of benzene rings is 1. The van der Waals surface area contributed by atoms with E-state index < -0.39 is 0 Å². The van der Waals surface area contributed by atoms with E-state index in [4.69, 9.17) is 14.2 Å². The second-order valence-corrected chi connectivity index (χ2v) is 5.65. The van der Waals surface area contributed by atoms with Gasteiger partial charge in [-0.2, -0.15) is 0 Å². The van der Waals surface area contributed by atoms with E-state index in [1.807, 2.05) is 32.2 Å². The third-order valence-corrected chi connectivity index (χ3v) is 4.11. The lowest BCUT2D eigenvalue weighted by Gasteiger charge is -2.38. The summed E-state index contributed by atoms with van der Waals surface area (Å²) in [5.41, 5.74) is 1.01. The number of methoxy groups -OCH3 is 2. The first-order valence-corrected chi connectivity index (χ1v) is 7.89. The molecule has 0 bridgehead atoms. The van der Waals surface area contributed by atoms with Crippen molar-refractivity contribution in [3.8, 4) is 11.5 Å². The lowest BCUT2D eigenvalue weighted by Crippen LogP contribution is -2.55. The van der Waals surface area contributed by atoms with Gasteiger partial charge in [-0.05, 0) is 20.0 Å². The van der Waals surface area contributed by atoms with Crippen LogP contribution in [0, 0.1) is 0 Å². The molecule has 128 valence electrons. The molecule has 6 heteroatoms. The van der Waals surface area contributed by atoms with Gasteiger partial charge in [0.25, 0.3) is 0 Å². The number of rotatable bonds is 6. The van der Waals surface area contributed by atoms with Crippen LogP contribution in [-0.4, -0.2) is 69.3 Å². The molecular weight excluding hydrogens is 296 g/mol. The summed E-state index contributed by atoms with van der Waals surface area (Å²) in [6, 6.07) is 5.55. The molecule has 1 heterocycles. The Bertz CT molecular complexity index is 535. The quantitative estimate of drug-likeness (QED) is 0.738. The molecule has 0 aliphatic carbocycles. The third-order valence-electron chi connectivity index (χ3n) is 4.11. The average Bonchev–Trinajstić information content (AvgIpc) is 2.56. The zero-order valence-electron chi connectivity index (χ0n) is 14.4. The summed E-state index contributed by atoms with van der Waals surface area (Å²) >= 11 is 0. The minimum atomic E-state index is -0.260. The van der Waals surface area contributed by atoms with Crippen LogP contribution in [0.5, 0.6) is 11.5 Å². The number of hydrogen-bond acceptors (Lipinski definition) is 6. The van der Waals surface area contributed by atoms with Gasteiger partial charge in [0.1, 0.15) is 6.04 Å². The Morgan fingerprint density at radius 1 is 1.26 bits per heavy atom. The van der Waals surface area contributed by atoms with E-state index in [1.165, 1.54) is 0 Å². The molecule has 1 aliphatic heterocycles. The second-order valence-electron chi connectivity index (χ2n) is 5.65. The van der Waals surface area contributed by atoms with Gasteiger partial charge >= 0.3 is 5.97 Å². The molecule has 1 aromatic rings. The number of likely N-dealkylation sites (N-methyl/N-ethyl adjacent to an activating group) is 1. The monoisotopic (exact) mass is 322 g/mol. The Morgan fingerprint density at radius 3 is 2.70 bits per heavy atom. The van der Waals surface area contributed by atoms with Gasteiger partial charge in [0.15, 0.2) is 11.5 Å². The van der Waals surface area contributed by atoms with Gasteiger partial charge in [-0.1, -0.05) is 12.1 Å². The van der Waals surface area contributed by atoms with E-state index in [-0.39, 0.29) is 12.0 Å². The molecule has 2 rings (SSSR count). The van der Waals surface area contributed by atoms with Crippen molar-refractivity contribution in [2.75, 3.05) is 47.5 Å². The standard InChI is InChI=1S/C17H26N2O4/c1-5-23-17(20)14-12-18(2)9-10-19(14)11-13-7-6-8-15(21-3)16(13)22-4/h6-8,14H,5,9-12H2,1-4H3. The molecular formula is C17H26N2O4. The fourth-order valence-corrected chi connectivity index (χ4v) is 2.91. The number of nitrogens with zero attached hydrogens (tertiary/aromatic N) is 2. The molecule has 1 unspecified atom stereocenters. The van der Waals surface area contributed by atoms with E-state index in [1.54, 1.807) is 14.2 Å². The molecule has 1 aromatic carbocycles. The topological polar surface area (TPSA) is 51.2 Å². The lowest BCUT2D eigenvalue weighted by atomic mass is 10.1. The summed E-state index contributed by atoms with van der Waals surface area (Å²) in [5, 5.41) is 0. The molecule has 0 amide bonds. The molecule has 0 aromatic heterocycles. The zero-order valence-corrected chi connectivity index (χ0v) is 14.4. The van der Waals surface area contributed by atoms with Gasteiger partial charge < -0.3 is 19.1 Å². The number of ether oxygens (including phenoxy) is 3. The fraction of sp³-hybridized carbons (Fsp3) is 0.588. The summed E-state index contributed by atoms with van der Waals surface area (Å²) in [6.07, 6.45) is 0. The van der Waals surface area contributed by atoms with E-state index in [0.717, 1.165) is 24.4 Å². The van der Waals surface area contributed by atoms with Crippen LogP contribution >= 0.6 is 0 Å². The number of carbonyl (C=O) groups excluding carboxylic acids is 1. The van der Waals surface area contributed by atoms with Crippen molar-refractivity contribution in [1.29, 1.82) is 0 Å². The Morgan fingerprint density at radius 2 is 2.04 bits per heavy atom. The molecule has 0 saturated carbocycles. The van der Waals surface area contributed by atoms with Gasteiger partial charge in [-0.25, -0.2) is 0 Å². The molecule has 0 spiro atoms. The van der Waals surface area contributed by atoms with E-state index >= 15 is 0 Å². The molecule has 1 saturated heterocycles. The van der Waals surface area contributed by atoms with Gasteiger partial charge in [-0.3, -0.25) is 9.69 Å². The zero-order chi connectivity index (χ0) is 16.8. The van der Waals surface area contributed by atoms with Gasteiger partial charge in [0.2, 0.25) is 0 Å². The van der Waals surface area contributed by atoms with Crippen LogP contribution in [0.2, 0.25) is 0 Å². The van der Waals surface area contributed by atoms with E-state index in [9.17, 15) is 4.79 Å². The van der Waals surface area contributed by atoms with Crippen LogP contribution in [0.4, 0.5) is 0 Å². The maximum atomic E-state index is 12.3. The minimum absolute atomic E-state index is 0.166. The Balaban J connectivity index is 2.21. The van der Waals surface area contributed by atoms with Gasteiger partial charge in [-0.15, -0.1) is 0 Å². The average molecular weight is 322 g/mol. The minimum Gasteiger partial charge on any atom is -0.493 e. The molecule has 23 heavy (non-hydrogen) atoms. The first kappa shape index (κ1) is 17.6.